The van der Waals surface area contributed by atoms with Gasteiger partial charge in [-0.2, -0.15) is 18.3 Å². The highest BCUT2D eigenvalue weighted by molar-refractivity contribution is 6.30. The van der Waals surface area contributed by atoms with Crippen LogP contribution in [0.25, 0.3) is 11.1 Å². The number of benzene rings is 1. The molecule has 4 rings (SSSR count). The monoisotopic (exact) mass is 501 g/mol. The maximum atomic E-state index is 13.5. The minimum Gasteiger partial charge on any atom is -0.369 e. The second-order valence-corrected chi connectivity index (χ2v) is 7.89. The van der Waals surface area contributed by atoms with Crippen LogP contribution in [0.1, 0.15) is 18.1 Å². The number of aryl methyl sites for hydroxylation is 1. The molecule has 8 nitrogen and oxygen atoms in total. The van der Waals surface area contributed by atoms with Gasteiger partial charge in [0.15, 0.2) is 0 Å². The number of anilines is 3. The number of hydrogen-bond donors (Lipinski definition) is 1. The highest BCUT2D eigenvalue weighted by Crippen LogP contribution is 2.39. The maximum absolute atomic E-state index is 13.5. The van der Waals surface area contributed by atoms with Crippen LogP contribution >= 0.6 is 11.6 Å². The number of nitrogens with zero attached hydrogens (tertiary/aromatic N) is 6. The molecule has 3 heterocycles. The van der Waals surface area contributed by atoms with E-state index in [1.807, 2.05) is 6.92 Å². The third kappa shape index (κ3) is 5.40. The minimum absolute atomic E-state index is 0.0703. The van der Waals surface area contributed by atoms with Gasteiger partial charge in [-0.1, -0.05) is 35.9 Å². The Labute approximate surface area is 203 Å². The third-order valence-corrected chi connectivity index (χ3v) is 5.40. The van der Waals surface area contributed by atoms with E-state index in [-0.39, 0.29) is 18.1 Å². The lowest BCUT2D eigenvalue weighted by molar-refractivity contribution is -0.137. The smallest absolute Gasteiger partial charge is 0.369 e. The van der Waals surface area contributed by atoms with Crippen molar-refractivity contribution in [1.82, 2.24) is 24.7 Å². The van der Waals surface area contributed by atoms with Crippen LogP contribution in [-0.4, -0.2) is 30.6 Å². The molecule has 0 bridgehead atoms. The number of pyridine rings is 1. The number of nitrogens with two attached hydrogens (primary N) is 1. The first-order valence-electron chi connectivity index (χ1n) is 10.4. The highest BCUT2D eigenvalue weighted by atomic mass is 35.5. The van der Waals surface area contributed by atoms with Crippen LogP contribution in [-0.2, 0) is 23.9 Å². The number of halogens is 4. The lowest BCUT2D eigenvalue weighted by atomic mass is 10.1. The number of carbonyl (C=O) groups excluding carboxylic acids is 1. The van der Waals surface area contributed by atoms with E-state index >= 15 is 0 Å². The van der Waals surface area contributed by atoms with Crippen molar-refractivity contribution >= 4 is 34.8 Å². The Morgan fingerprint density at radius 2 is 1.71 bits per heavy atom. The Balaban J connectivity index is 1.73. The molecule has 4 aromatic rings. The van der Waals surface area contributed by atoms with Crippen molar-refractivity contribution in [1.29, 1.82) is 0 Å². The quantitative estimate of drug-likeness (QED) is 0.360. The Morgan fingerprint density at radius 3 is 2.29 bits per heavy atom. The van der Waals surface area contributed by atoms with Gasteiger partial charge < -0.3 is 5.73 Å². The minimum atomic E-state index is -4.69. The van der Waals surface area contributed by atoms with Crippen LogP contribution in [0.5, 0.6) is 0 Å². The summed E-state index contributed by atoms with van der Waals surface area (Å²) in [5, 5.41) is 3.56. The van der Waals surface area contributed by atoms with Crippen molar-refractivity contribution in [3.63, 3.8) is 0 Å². The molecule has 1 amide bonds. The van der Waals surface area contributed by atoms with Gasteiger partial charge in [0.1, 0.15) is 5.15 Å². The van der Waals surface area contributed by atoms with Crippen molar-refractivity contribution in [2.45, 2.75) is 26.1 Å². The first-order valence-corrected chi connectivity index (χ1v) is 10.8. The summed E-state index contributed by atoms with van der Waals surface area (Å²) in [6.45, 7) is 2.44. The Hall–Kier alpha value is -3.99. The number of rotatable bonds is 7. The average molecular weight is 502 g/mol. The first kappa shape index (κ1) is 24.1. The molecule has 2 N–H and O–H groups in total. The summed E-state index contributed by atoms with van der Waals surface area (Å²) in [7, 11) is 0. The molecular weight excluding hydrogens is 483 g/mol. The van der Waals surface area contributed by atoms with E-state index in [9.17, 15) is 18.0 Å². The van der Waals surface area contributed by atoms with Crippen molar-refractivity contribution < 1.29 is 18.0 Å². The number of primary amides is 1. The first-order chi connectivity index (χ1) is 16.7. The van der Waals surface area contributed by atoms with Crippen LogP contribution in [0.15, 0.2) is 61.3 Å². The zero-order valence-electron chi connectivity index (χ0n) is 18.4. The summed E-state index contributed by atoms with van der Waals surface area (Å²) in [6, 6.07) is 8.05. The third-order valence-electron chi connectivity index (χ3n) is 5.09. The van der Waals surface area contributed by atoms with Crippen LogP contribution in [0.4, 0.5) is 30.5 Å². The average Bonchev–Trinajstić information content (AvgIpc) is 3.29. The number of aromatic nitrogens is 5. The molecule has 0 fully saturated rings. The van der Waals surface area contributed by atoms with Crippen LogP contribution in [0.3, 0.4) is 0 Å². The zero-order chi connectivity index (χ0) is 25.2. The molecule has 12 heteroatoms. The van der Waals surface area contributed by atoms with Gasteiger partial charge >= 0.3 is 6.18 Å². The number of hydrogen-bond acceptors (Lipinski definition) is 6. The topological polar surface area (TPSA) is 103 Å². The highest BCUT2D eigenvalue weighted by Gasteiger charge is 2.35. The summed E-state index contributed by atoms with van der Waals surface area (Å²) in [5.74, 6) is -0.311. The molecule has 35 heavy (non-hydrogen) atoms. The fraction of sp³-hybridized carbons (Fsp3) is 0.174. The van der Waals surface area contributed by atoms with Gasteiger partial charge in [0.05, 0.1) is 35.8 Å². The number of amides is 1. The van der Waals surface area contributed by atoms with E-state index in [0.29, 0.717) is 17.8 Å². The van der Waals surface area contributed by atoms with Gasteiger partial charge in [-0.3, -0.25) is 14.4 Å². The van der Waals surface area contributed by atoms with Crippen LogP contribution in [0, 0.1) is 0 Å². The molecule has 180 valence electrons. The predicted octanol–water partition coefficient (Wildman–Crippen LogP) is 4.92. The molecule has 0 spiro atoms. The SMILES string of the molecule is CCn1cc(N(c2cnc(Cl)c(C(F)(F)F)c2)c2ncc(-c3ccc(CC(N)=O)cc3)cn2)cn1. The van der Waals surface area contributed by atoms with Gasteiger partial charge in [0, 0.05) is 30.7 Å². The number of alkyl halides is 3. The van der Waals surface area contributed by atoms with Crippen molar-refractivity contribution in [2.75, 3.05) is 4.90 Å². The molecule has 0 aliphatic carbocycles. The molecule has 0 atom stereocenters. The largest absolute Gasteiger partial charge is 0.419 e. The van der Waals surface area contributed by atoms with E-state index in [2.05, 4.69) is 20.1 Å². The molecule has 0 aliphatic rings. The molecule has 3 aromatic heterocycles. The fourth-order valence-electron chi connectivity index (χ4n) is 3.38. The molecule has 0 saturated carbocycles. The van der Waals surface area contributed by atoms with Gasteiger partial charge in [0.2, 0.25) is 11.9 Å². The second kappa shape index (κ2) is 9.71. The van der Waals surface area contributed by atoms with E-state index in [1.54, 1.807) is 47.5 Å². The van der Waals surface area contributed by atoms with Crippen molar-refractivity contribution in [3.8, 4) is 11.1 Å². The Morgan fingerprint density at radius 1 is 1.03 bits per heavy atom. The lowest BCUT2D eigenvalue weighted by Crippen LogP contribution is -2.15. The van der Waals surface area contributed by atoms with Gasteiger partial charge in [-0.25, -0.2) is 15.0 Å². The van der Waals surface area contributed by atoms with Crippen molar-refractivity contribution in [2.24, 2.45) is 5.73 Å². The van der Waals surface area contributed by atoms with Crippen LogP contribution < -0.4 is 10.6 Å². The summed E-state index contributed by atoms with van der Waals surface area (Å²) < 4.78 is 42.1. The molecule has 0 radical (unpaired) electrons. The fourth-order valence-corrected chi connectivity index (χ4v) is 3.59. The summed E-state index contributed by atoms with van der Waals surface area (Å²) >= 11 is 5.71. The predicted molar refractivity (Wildman–Crippen MR) is 124 cm³/mol. The zero-order valence-corrected chi connectivity index (χ0v) is 19.1. The van der Waals surface area contributed by atoms with Gasteiger partial charge in [0.25, 0.3) is 0 Å². The van der Waals surface area contributed by atoms with Crippen molar-refractivity contribution in [3.05, 3.63) is 77.6 Å². The van der Waals surface area contributed by atoms with Gasteiger partial charge in [-0.05, 0) is 24.1 Å². The summed E-state index contributed by atoms with van der Waals surface area (Å²) in [5.41, 5.74) is 6.91. The normalized spacial score (nSPS) is 11.5. The van der Waals surface area contributed by atoms with Crippen LogP contribution in [0.2, 0.25) is 5.15 Å². The summed E-state index contributed by atoms with van der Waals surface area (Å²) in [4.78, 5) is 25.0. The number of carbonyl (C=O) groups is 1. The standard InChI is InChI=1S/C23H19ClF3N7O/c1-2-33-13-18(12-32-33)34(17-8-19(23(25,26)27)21(24)29-11-17)22-30-9-16(10-31-22)15-5-3-14(4-6-15)7-20(28)35/h3-6,8-13H,2,7H2,1H3,(H2,28,35). The second-order valence-electron chi connectivity index (χ2n) is 7.53. The summed E-state index contributed by atoms with van der Waals surface area (Å²) in [6.07, 6.45) is 2.93. The molecule has 1 aromatic carbocycles. The maximum Gasteiger partial charge on any atom is 0.419 e. The van der Waals surface area contributed by atoms with E-state index in [0.717, 1.165) is 17.2 Å². The molecule has 0 saturated heterocycles. The van der Waals surface area contributed by atoms with E-state index in [4.69, 9.17) is 17.3 Å². The molecule has 0 aliphatic heterocycles. The molecule has 0 unspecified atom stereocenters. The Kier molecular flexibility index (Phi) is 6.70. The lowest BCUT2D eigenvalue weighted by Gasteiger charge is -2.22. The van der Waals surface area contributed by atoms with E-state index in [1.165, 1.54) is 17.3 Å². The van der Waals surface area contributed by atoms with E-state index < -0.39 is 22.8 Å². The van der Waals surface area contributed by atoms with Gasteiger partial charge in [-0.15, -0.1) is 0 Å². The molecular formula is C23H19ClF3N7O. The Bertz CT molecular complexity index is 1340.